The van der Waals surface area contributed by atoms with E-state index in [-0.39, 0.29) is 5.91 Å². The van der Waals surface area contributed by atoms with Gasteiger partial charge in [0.15, 0.2) is 0 Å². The van der Waals surface area contributed by atoms with E-state index in [0.717, 1.165) is 28.8 Å². The lowest BCUT2D eigenvalue weighted by molar-refractivity contribution is -0.142. The van der Waals surface area contributed by atoms with Crippen molar-refractivity contribution >= 4 is 33.2 Å². The molecule has 1 amide bonds. The average molecular weight is 414 g/mol. The Balaban J connectivity index is 1.34. The number of benzene rings is 2. The minimum absolute atomic E-state index is 0.0338. The number of rotatable bonds is 3. The van der Waals surface area contributed by atoms with Gasteiger partial charge in [-0.15, -0.1) is 0 Å². The molecule has 2 aliphatic heterocycles. The highest BCUT2D eigenvalue weighted by Crippen LogP contribution is 2.22. The Labute approximate surface area is 161 Å². The van der Waals surface area contributed by atoms with E-state index in [1.165, 1.54) is 5.69 Å². The van der Waals surface area contributed by atoms with E-state index >= 15 is 0 Å². The second-order valence-electron chi connectivity index (χ2n) is 6.49. The van der Waals surface area contributed by atoms with Crippen molar-refractivity contribution in [3.63, 3.8) is 0 Å². The van der Waals surface area contributed by atoms with Crippen molar-refractivity contribution in [1.29, 1.82) is 0 Å². The molecule has 0 saturated carbocycles. The van der Waals surface area contributed by atoms with E-state index < -0.39 is 6.10 Å². The van der Waals surface area contributed by atoms with Crippen molar-refractivity contribution in [3.05, 3.63) is 64.6 Å². The normalized spacial score (nSPS) is 19.9. The van der Waals surface area contributed by atoms with Crippen LogP contribution in [0.1, 0.15) is 12.0 Å². The van der Waals surface area contributed by atoms with Gasteiger partial charge in [0.1, 0.15) is 0 Å². The second kappa shape index (κ2) is 7.50. The topological polar surface area (TPSA) is 45.1 Å². The maximum Gasteiger partial charge on any atom is 0.267 e. The molecule has 0 N–H and O–H groups in total. The fourth-order valence-corrected chi connectivity index (χ4v) is 3.78. The van der Waals surface area contributed by atoms with E-state index in [4.69, 9.17) is 4.84 Å². The third kappa shape index (κ3) is 3.60. The van der Waals surface area contributed by atoms with Crippen molar-refractivity contribution in [1.82, 2.24) is 4.90 Å². The molecule has 0 radical (unpaired) electrons. The third-order valence-corrected chi connectivity index (χ3v) is 5.31. The van der Waals surface area contributed by atoms with Gasteiger partial charge < -0.3 is 14.6 Å². The van der Waals surface area contributed by atoms with Crippen LogP contribution < -0.4 is 4.90 Å². The van der Waals surface area contributed by atoms with Gasteiger partial charge in [0.2, 0.25) is 6.10 Å². The molecule has 2 aliphatic rings. The predicted molar refractivity (Wildman–Crippen MR) is 105 cm³/mol. The second-order valence-corrected chi connectivity index (χ2v) is 7.41. The summed E-state index contributed by atoms with van der Waals surface area (Å²) in [5, 5.41) is 4.14. The van der Waals surface area contributed by atoms with E-state index in [1.807, 2.05) is 47.4 Å². The van der Waals surface area contributed by atoms with Crippen LogP contribution in [0.2, 0.25) is 0 Å². The van der Waals surface area contributed by atoms with E-state index in [1.54, 1.807) is 0 Å². The van der Waals surface area contributed by atoms with E-state index in [0.29, 0.717) is 19.5 Å². The van der Waals surface area contributed by atoms with Crippen molar-refractivity contribution in [2.45, 2.75) is 12.5 Å². The number of nitrogens with zero attached hydrogens (tertiary/aromatic N) is 3. The van der Waals surface area contributed by atoms with Crippen molar-refractivity contribution in [3.8, 4) is 0 Å². The van der Waals surface area contributed by atoms with Crippen LogP contribution >= 0.6 is 15.9 Å². The van der Waals surface area contributed by atoms with Gasteiger partial charge in [-0.05, 0) is 24.3 Å². The van der Waals surface area contributed by atoms with Crippen LogP contribution in [0, 0.1) is 0 Å². The number of piperazine rings is 1. The molecule has 4 rings (SSSR count). The summed E-state index contributed by atoms with van der Waals surface area (Å²) in [7, 11) is 0. The fourth-order valence-electron chi connectivity index (χ4n) is 3.38. The van der Waals surface area contributed by atoms with E-state index in [2.05, 4.69) is 38.1 Å². The first-order chi connectivity index (χ1) is 12.7. The minimum atomic E-state index is -0.507. The molecular weight excluding hydrogens is 394 g/mol. The van der Waals surface area contributed by atoms with Crippen LogP contribution in [0.25, 0.3) is 0 Å². The first-order valence-electron chi connectivity index (χ1n) is 8.78. The molecule has 5 nitrogen and oxygen atoms in total. The molecule has 1 fully saturated rings. The van der Waals surface area contributed by atoms with Crippen LogP contribution in [-0.4, -0.2) is 48.8 Å². The third-order valence-electron chi connectivity index (χ3n) is 4.81. The highest BCUT2D eigenvalue weighted by atomic mass is 79.9. The number of anilines is 1. The molecule has 134 valence electrons. The molecule has 0 aliphatic carbocycles. The maximum absolute atomic E-state index is 12.8. The molecule has 26 heavy (non-hydrogen) atoms. The quantitative estimate of drug-likeness (QED) is 0.775. The van der Waals surface area contributed by atoms with Gasteiger partial charge in [-0.1, -0.05) is 51.4 Å². The molecule has 0 unspecified atom stereocenters. The molecule has 0 aromatic heterocycles. The van der Waals surface area contributed by atoms with Crippen LogP contribution in [0.5, 0.6) is 0 Å². The first-order valence-corrected chi connectivity index (χ1v) is 9.57. The number of carbonyl (C=O) groups excluding carboxylic acids is 1. The van der Waals surface area contributed by atoms with Crippen molar-refractivity contribution < 1.29 is 9.63 Å². The Morgan fingerprint density at radius 1 is 1.04 bits per heavy atom. The Hall–Kier alpha value is -2.34. The molecule has 6 heteroatoms. The molecular formula is C20H20BrN3O2. The Morgan fingerprint density at radius 2 is 1.81 bits per heavy atom. The van der Waals surface area contributed by atoms with Crippen molar-refractivity contribution in [2.24, 2.45) is 5.16 Å². The summed E-state index contributed by atoms with van der Waals surface area (Å²) in [5.41, 5.74) is 3.02. The smallest absolute Gasteiger partial charge is 0.267 e. The molecule has 2 aromatic rings. The van der Waals surface area contributed by atoms with Crippen molar-refractivity contribution in [2.75, 3.05) is 31.1 Å². The first kappa shape index (κ1) is 17.1. The zero-order valence-corrected chi connectivity index (χ0v) is 15.9. The number of hydrogen-bond acceptors (Lipinski definition) is 4. The van der Waals surface area contributed by atoms with Gasteiger partial charge in [-0.2, -0.15) is 0 Å². The maximum atomic E-state index is 12.8. The lowest BCUT2D eigenvalue weighted by Gasteiger charge is -2.36. The number of oxime groups is 1. The van der Waals surface area contributed by atoms with Crippen LogP contribution in [-0.2, 0) is 9.63 Å². The molecule has 0 bridgehead atoms. The largest absolute Gasteiger partial charge is 0.382 e. The van der Waals surface area contributed by atoms with Gasteiger partial charge >= 0.3 is 0 Å². The van der Waals surface area contributed by atoms with Crippen LogP contribution in [0.3, 0.4) is 0 Å². The monoisotopic (exact) mass is 413 g/mol. The Kier molecular flexibility index (Phi) is 4.93. The minimum Gasteiger partial charge on any atom is -0.382 e. The summed E-state index contributed by atoms with van der Waals surface area (Å²) in [6.07, 6.45) is 0.0148. The average Bonchev–Trinajstić information content (AvgIpc) is 3.18. The summed E-state index contributed by atoms with van der Waals surface area (Å²) in [6.45, 7) is 3.09. The van der Waals surface area contributed by atoms with Gasteiger partial charge in [-0.25, -0.2) is 0 Å². The molecule has 0 spiro atoms. The SMILES string of the molecule is O=C([C@H]1CC(c2cccc(Br)c2)=NO1)N1CCN(c2ccccc2)CC1. The Morgan fingerprint density at radius 3 is 2.54 bits per heavy atom. The molecule has 2 heterocycles. The number of hydrogen-bond donors (Lipinski definition) is 0. The Bertz CT molecular complexity index is 817. The lowest BCUT2D eigenvalue weighted by Crippen LogP contribution is -2.51. The number of halogens is 1. The van der Waals surface area contributed by atoms with E-state index in [9.17, 15) is 4.79 Å². The molecule has 1 atom stereocenters. The van der Waals surface area contributed by atoms with Gasteiger partial charge in [0.25, 0.3) is 5.91 Å². The fraction of sp³-hybridized carbons (Fsp3) is 0.300. The molecule has 1 saturated heterocycles. The summed E-state index contributed by atoms with van der Waals surface area (Å²) >= 11 is 3.47. The summed E-state index contributed by atoms with van der Waals surface area (Å²) in [4.78, 5) is 22.4. The van der Waals surface area contributed by atoms with Crippen LogP contribution in [0.15, 0.2) is 64.2 Å². The zero-order valence-electron chi connectivity index (χ0n) is 14.3. The molecule has 2 aromatic carbocycles. The number of carbonyl (C=O) groups is 1. The summed E-state index contributed by atoms with van der Waals surface area (Å²) in [5.74, 6) is 0.0338. The summed E-state index contributed by atoms with van der Waals surface area (Å²) < 4.78 is 0.990. The lowest BCUT2D eigenvalue weighted by atomic mass is 10.0. The number of amides is 1. The van der Waals surface area contributed by atoms with Crippen LogP contribution in [0.4, 0.5) is 5.69 Å². The zero-order chi connectivity index (χ0) is 17.9. The highest BCUT2D eigenvalue weighted by Gasteiger charge is 2.33. The van der Waals surface area contributed by atoms with Gasteiger partial charge in [0.05, 0.1) is 5.71 Å². The standard InChI is InChI=1S/C20H20BrN3O2/c21-16-6-4-5-15(13-16)18-14-19(26-22-18)20(25)24-11-9-23(10-12-24)17-7-2-1-3-8-17/h1-8,13,19H,9-12,14H2/t19-/m1/s1. The van der Waals surface area contributed by atoms with Gasteiger partial charge in [0, 0.05) is 48.3 Å². The number of para-hydroxylation sites is 1. The highest BCUT2D eigenvalue weighted by molar-refractivity contribution is 9.10. The van der Waals surface area contributed by atoms with Gasteiger partial charge in [-0.3, -0.25) is 4.79 Å². The predicted octanol–water partition coefficient (Wildman–Crippen LogP) is 3.29. The summed E-state index contributed by atoms with van der Waals surface area (Å²) in [6, 6.07) is 18.2.